The predicted octanol–water partition coefficient (Wildman–Crippen LogP) is 0.490. The lowest BCUT2D eigenvalue weighted by Crippen LogP contribution is -2.37. The van der Waals surface area contributed by atoms with Crippen LogP contribution in [0.3, 0.4) is 0 Å². The van der Waals surface area contributed by atoms with Crippen molar-refractivity contribution in [2.24, 2.45) is 0 Å². The molecule has 0 heterocycles. The van der Waals surface area contributed by atoms with Gasteiger partial charge in [0, 0.05) is 6.04 Å². The normalized spacial score (nSPS) is 16.4. The highest BCUT2D eigenvalue weighted by Crippen LogP contribution is 1.99. The van der Waals surface area contributed by atoms with Gasteiger partial charge in [0.2, 0.25) is 10.0 Å². The first-order chi connectivity index (χ1) is 7.23. The molecule has 0 radical (unpaired) electrons. The number of hydrogen-bond donors (Lipinski definition) is 2. The van der Waals surface area contributed by atoms with E-state index in [2.05, 4.69) is 4.72 Å². The summed E-state index contributed by atoms with van der Waals surface area (Å²) in [6, 6.07) is -0.260. The summed E-state index contributed by atoms with van der Waals surface area (Å²) in [6.45, 7) is 7.26. The molecule has 2 N–H and O–H groups in total. The Morgan fingerprint density at radius 3 is 2.25 bits per heavy atom. The average Bonchev–Trinajstić information content (AvgIpc) is 1.98. The quantitative estimate of drug-likeness (QED) is 0.660. The van der Waals surface area contributed by atoms with E-state index in [9.17, 15) is 8.42 Å². The van der Waals surface area contributed by atoms with Crippen molar-refractivity contribution in [3.63, 3.8) is 0 Å². The summed E-state index contributed by atoms with van der Waals surface area (Å²) >= 11 is 0. The van der Waals surface area contributed by atoms with E-state index in [0.29, 0.717) is 6.42 Å². The highest BCUT2D eigenvalue weighted by Gasteiger charge is 2.15. The van der Waals surface area contributed by atoms with Gasteiger partial charge in [-0.1, -0.05) is 0 Å². The zero-order valence-electron chi connectivity index (χ0n) is 10.4. The van der Waals surface area contributed by atoms with Gasteiger partial charge in [-0.3, -0.25) is 0 Å². The molecule has 0 aliphatic heterocycles. The second-order valence-electron chi connectivity index (χ2n) is 4.34. The molecule has 0 bridgehead atoms. The van der Waals surface area contributed by atoms with Gasteiger partial charge in [0.15, 0.2) is 0 Å². The second kappa shape index (κ2) is 7.21. The molecule has 98 valence electrons. The van der Waals surface area contributed by atoms with Crippen molar-refractivity contribution < 1.29 is 18.3 Å². The molecule has 0 aromatic rings. The van der Waals surface area contributed by atoms with E-state index in [4.69, 9.17) is 9.84 Å². The fourth-order valence-corrected chi connectivity index (χ4v) is 2.46. The number of nitrogens with one attached hydrogen (secondary N) is 1. The zero-order valence-corrected chi connectivity index (χ0v) is 11.3. The maximum absolute atomic E-state index is 11.5. The molecule has 0 saturated carbocycles. The standard InChI is InChI=1S/C10H23NO4S/c1-8(2)15-5-6-16(13,14)11-9(3)7-10(4)12/h8-12H,5-7H2,1-4H3. The molecule has 0 aliphatic carbocycles. The van der Waals surface area contributed by atoms with E-state index in [-0.39, 0.29) is 24.5 Å². The Kier molecular flexibility index (Phi) is 7.14. The van der Waals surface area contributed by atoms with Crippen LogP contribution in [0.15, 0.2) is 0 Å². The third-order valence-corrected chi connectivity index (χ3v) is 3.34. The Balaban J connectivity index is 3.95. The molecule has 2 atom stereocenters. The van der Waals surface area contributed by atoms with Crippen LogP contribution in [0.25, 0.3) is 0 Å². The number of aliphatic hydroxyl groups excluding tert-OH is 1. The third kappa shape index (κ3) is 9.08. The van der Waals surface area contributed by atoms with Crippen LogP contribution in [-0.2, 0) is 14.8 Å². The van der Waals surface area contributed by atoms with Crippen LogP contribution in [0, 0.1) is 0 Å². The monoisotopic (exact) mass is 253 g/mol. The minimum Gasteiger partial charge on any atom is -0.393 e. The van der Waals surface area contributed by atoms with E-state index in [1.54, 1.807) is 13.8 Å². The minimum absolute atomic E-state index is 0.0325. The van der Waals surface area contributed by atoms with Gasteiger partial charge in [-0.05, 0) is 34.1 Å². The van der Waals surface area contributed by atoms with Crippen LogP contribution in [0.2, 0.25) is 0 Å². The van der Waals surface area contributed by atoms with Crippen molar-refractivity contribution in [1.82, 2.24) is 4.72 Å². The smallest absolute Gasteiger partial charge is 0.214 e. The Hall–Kier alpha value is -0.170. The molecule has 0 aromatic carbocycles. The molecular weight excluding hydrogens is 230 g/mol. The lowest BCUT2D eigenvalue weighted by molar-refractivity contribution is 0.0911. The molecule has 0 amide bonds. The number of ether oxygens (including phenoxy) is 1. The van der Waals surface area contributed by atoms with Gasteiger partial charge < -0.3 is 9.84 Å². The Labute approximate surface area is 98.2 Å². The van der Waals surface area contributed by atoms with Crippen molar-refractivity contribution in [3.05, 3.63) is 0 Å². The van der Waals surface area contributed by atoms with Crippen LogP contribution in [0.4, 0.5) is 0 Å². The Bertz CT molecular complexity index is 275. The van der Waals surface area contributed by atoms with Crippen LogP contribution in [-0.4, -0.2) is 44.1 Å². The van der Waals surface area contributed by atoms with Gasteiger partial charge in [0.05, 0.1) is 24.6 Å². The summed E-state index contributed by atoms with van der Waals surface area (Å²) in [4.78, 5) is 0. The largest absolute Gasteiger partial charge is 0.393 e. The fraction of sp³-hybridized carbons (Fsp3) is 1.00. The van der Waals surface area contributed by atoms with E-state index in [1.165, 1.54) is 0 Å². The molecule has 2 unspecified atom stereocenters. The van der Waals surface area contributed by atoms with Gasteiger partial charge in [0.1, 0.15) is 0 Å². The number of hydrogen-bond acceptors (Lipinski definition) is 4. The van der Waals surface area contributed by atoms with Crippen LogP contribution < -0.4 is 4.72 Å². The summed E-state index contributed by atoms with van der Waals surface area (Å²) in [5, 5.41) is 9.11. The van der Waals surface area contributed by atoms with Crippen LogP contribution in [0.1, 0.15) is 34.1 Å². The molecule has 0 rings (SSSR count). The third-order valence-electron chi connectivity index (χ3n) is 1.88. The molecular formula is C10H23NO4S. The van der Waals surface area contributed by atoms with Gasteiger partial charge in [-0.25, -0.2) is 13.1 Å². The molecule has 5 nitrogen and oxygen atoms in total. The summed E-state index contributed by atoms with van der Waals surface area (Å²) in [7, 11) is -3.31. The molecule has 0 aromatic heterocycles. The van der Waals surface area contributed by atoms with Gasteiger partial charge >= 0.3 is 0 Å². The van der Waals surface area contributed by atoms with Gasteiger partial charge in [0.25, 0.3) is 0 Å². The van der Waals surface area contributed by atoms with E-state index < -0.39 is 16.1 Å². The first-order valence-electron chi connectivity index (χ1n) is 5.52. The zero-order chi connectivity index (χ0) is 12.8. The Morgan fingerprint density at radius 1 is 1.25 bits per heavy atom. The summed E-state index contributed by atoms with van der Waals surface area (Å²) in [5.74, 6) is -0.0463. The van der Waals surface area contributed by atoms with E-state index >= 15 is 0 Å². The highest BCUT2D eigenvalue weighted by molar-refractivity contribution is 7.89. The fourth-order valence-electron chi connectivity index (χ4n) is 1.32. The van der Waals surface area contributed by atoms with Gasteiger partial charge in [-0.15, -0.1) is 0 Å². The van der Waals surface area contributed by atoms with Crippen molar-refractivity contribution >= 4 is 10.0 Å². The second-order valence-corrected chi connectivity index (χ2v) is 6.22. The lowest BCUT2D eigenvalue weighted by Gasteiger charge is -2.16. The van der Waals surface area contributed by atoms with E-state index in [1.807, 2.05) is 13.8 Å². The maximum atomic E-state index is 11.5. The lowest BCUT2D eigenvalue weighted by atomic mass is 10.2. The van der Waals surface area contributed by atoms with Crippen molar-refractivity contribution in [3.8, 4) is 0 Å². The first kappa shape index (κ1) is 15.8. The average molecular weight is 253 g/mol. The first-order valence-corrected chi connectivity index (χ1v) is 7.18. The summed E-state index contributed by atoms with van der Waals surface area (Å²) < 4.78 is 30.7. The minimum atomic E-state index is -3.31. The molecule has 0 saturated heterocycles. The van der Waals surface area contributed by atoms with Crippen LogP contribution >= 0.6 is 0 Å². The van der Waals surface area contributed by atoms with E-state index in [0.717, 1.165) is 0 Å². The summed E-state index contributed by atoms with van der Waals surface area (Å²) in [6.07, 6.45) is -0.0701. The molecule has 0 fully saturated rings. The molecule has 0 aliphatic rings. The SMILES string of the molecule is CC(O)CC(C)NS(=O)(=O)CCOC(C)C. The Morgan fingerprint density at radius 2 is 1.81 bits per heavy atom. The molecule has 16 heavy (non-hydrogen) atoms. The number of aliphatic hydroxyl groups is 1. The molecule has 0 spiro atoms. The van der Waals surface area contributed by atoms with Crippen molar-refractivity contribution in [2.75, 3.05) is 12.4 Å². The highest BCUT2D eigenvalue weighted by atomic mass is 32.2. The maximum Gasteiger partial charge on any atom is 0.214 e. The predicted molar refractivity (Wildman–Crippen MR) is 63.8 cm³/mol. The number of sulfonamides is 1. The summed E-state index contributed by atoms with van der Waals surface area (Å²) in [5.41, 5.74) is 0. The number of rotatable bonds is 8. The van der Waals surface area contributed by atoms with Crippen molar-refractivity contribution in [2.45, 2.75) is 52.4 Å². The van der Waals surface area contributed by atoms with Crippen molar-refractivity contribution in [1.29, 1.82) is 0 Å². The topological polar surface area (TPSA) is 75.6 Å². The molecule has 6 heteroatoms. The van der Waals surface area contributed by atoms with Crippen LogP contribution in [0.5, 0.6) is 0 Å². The van der Waals surface area contributed by atoms with Gasteiger partial charge in [-0.2, -0.15) is 0 Å².